The van der Waals surface area contributed by atoms with Gasteiger partial charge in [-0.05, 0) is 6.42 Å². The third kappa shape index (κ3) is 6.38. The average Bonchev–Trinajstić information content (AvgIpc) is 2.69. The molecule has 1 N–H and O–H groups in total. The van der Waals surface area contributed by atoms with Gasteiger partial charge in [0.15, 0.2) is 4.32 Å². The molecule has 108 valence electrons. The summed E-state index contributed by atoms with van der Waals surface area (Å²) in [6.45, 7) is 2.20. The number of amides is 2. The van der Waals surface area contributed by atoms with Gasteiger partial charge in [-0.25, -0.2) is 5.01 Å². The van der Waals surface area contributed by atoms with Crippen LogP contribution in [-0.2, 0) is 9.59 Å². The molecule has 2 amide bonds. The van der Waals surface area contributed by atoms with Gasteiger partial charge in [0.1, 0.15) is 0 Å². The summed E-state index contributed by atoms with van der Waals surface area (Å²) in [7, 11) is 0. The number of hydrogen-bond acceptors (Lipinski definition) is 4. The van der Waals surface area contributed by atoms with E-state index in [9.17, 15) is 9.59 Å². The molecule has 0 saturated carbocycles. The van der Waals surface area contributed by atoms with E-state index in [2.05, 4.69) is 12.3 Å². The summed E-state index contributed by atoms with van der Waals surface area (Å²) >= 11 is 6.27. The highest BCUT2D eigenvalue weighted by Gasteiger charge is 2.27. The second-order valence-electron chi connectivity index (χ2n) is 4.69. The summed E-state index contributed by atoms with van der Waals surface area (Å²) in [4.78, 5) is 23.1. The SMILES string of the molecule is CCCCCCCCCC(=O)NN1C(=O)CSC1=S. The third-order valence-corrected chi connectivity index (χ3v) is 4.35. The van der Waals surface area contributed by atoms with E-state index in [0.29, 0.717) is 16.5 Å². The van der Waals surface area contributed by atoms with E-state index in [1.165, 1.54) is 48.9 Å². The molecule has 1 heterocycles. The lowest BCUT2D eigenvalue weighted by Crippen LogP contribution is -2.44. The van der Waals surface area contributed by atoms with Crippen LogP contribution in [0, 0.1) is 0 Å². The number of nitrogens with one attached hydrogen (secondary N) is 1. The highest BCUT2D eigenvalue weighted by Crippen LogP contribution is 2.17. The third-order valence-electron chi connectivity index (χ3n) is 2.99. The molecule has 0 atom stereocenters. The Labute approximate surface area is 124 Å². The maximum Gasteiger partial charge on any atom is 0.257 e. The van der Waals surface area contributed by atoms with Gasteiger partial charge in [0.2, 0.25) is 5.91 Å². The standard InChI is InChI=1S/C13H22N2O2S2/c1-2-3-4-5-6-7-8-9-11(16)14-15-12(17)10-19-13(15)18/h2-10H2,1H3,(H,14,16). The lowest BCUT2D eigenvalue weighted by molar-refractivity contribution is -0.134. The van der Waals surface area contributed by atoms with Gasteiger partial charge < -0.3 is 0 Å². The zero-order chi connectivity index (χ0) is 14.1. The fourth-order valence-corrected chi connectivity index (χ4v) is 2.86. The first kappa shape index (κ1) is 16.4. The summed E-state index contributed by atoms with van der Waals surface area (Å²) in [5.41, 5.74) is 2.57. The van der Waals surface area contributed by atoms with Crippen molar-refractivity contribution < 1.29 is 9.59 Å². The van der Waals surface area contributed by atoms with Crippen LogP contribution in [0.25, 0.3) is 0 Å². The molecule has 0 unspecified atom stereocenters. The van der Waals surface area contributed by atoms with Gasteiger partial charge in [-0.15, -0.1) is 0 Å². The minimum atomic E-state index is -0.136. The topological polar surface area (TPSA) is 49.4 Å². The second-order valence-corrected chi connectivity index (χ2v) is 6.30. The molecule has 4 nitrogen and oxygen atoms in total. The molecule has 1 rings (SSSR count). The number of hydrazine groups is 1. The van der Waals surface area contributed by atoms with Gasteiger partial charge in [0.05, 0.1) is 5.75 Å². The van der Waals surface area contributed by atoms with Crippen LogP contribution in [0.2, 0.25) is 0 Å². The monoisotopic (exact) mass is 302 g/mol. The summed E-state index contributed by atoms with van der Waals surface area (Å²) < 4.78 is 0.443. The molecule has 1 aliphatic rings. The van der Waals surface area contributed by atoms with Crippen molar-refractivity contribution in [1.29, 1.82) is 0 Å². The van der Waals surface area contributed by atoms with Gasteiger partial charge in [0, 0.05) is 6.42 Å². The Balaban J connectivity index is 2.05. The molecular formula is C13H22N2O2S2. The minimum Gasteiger partial charge on any atom is -0.273 e. The van der Waals surface area contributed by atoms with E-state index in [4.69, 9.17) is 12.2 Å². The van der Waals surface area contributed by atoms with Crippen LogP contribution in [-0.4, -0.2) is 26.9 Å². The Kier molecular flexibility index (Phi) is 8.05. The molecule has 0 aromatic carbocycles. The van der Waals surface area contributed by atoms with E-state index in [1.54, 1.807) is 0 Å². The minimum absolute atomic E-state index is 0.119. The average molecular weight is 302 g/mol. The van der Waals surface area contributed by atoms with Crippen molar-refractivity contribution in [1.82, 2.24) is 10.4 Å². The first-order valence-electron chi connectivity index (χ1n) is 6.94. The smallest absolute Gasteiger partial charge is 0.257 e. The van der Waals surface area contributed by atoms with Crippen LogP contribution in [0.3, 0.4) is 0 Å². The van der Waals surface area contributed by atoms with Crippen LogP contribution < -0.4 is 5.43 Å². The molecule has 0 aromatic rings. The van der Waals surface area contributed by atoms with Crippen LogP contribution in [0.1, 0.15) is 58.3 Å². The zero-order valence-electron chi connectivity index (χ0n) is 11.4. The molecular weight excluding hydrogens is 280 g/mol. The number of thioether (sulfide) groups is 1. The summed E-state index contributed by atoms with van der Waals surface area (Å²) in [5.74, 6) is 0.0750. The largest absolute Gasteiger partial charge is 0.273 e. The molecule has 0 bridgehead atoms. The van der Waals surface area contributed by atoms with Crippen molar-refractivity contribution in [3.63, 3.8) is 0 Å². The molecule has 1 fully saturated rings. The number of rotatable bonds is 9. The van der Waals surface area contributed by atoms with Crippen LogP contribution in [0.15, 0.2) is 0 Å². The van der Waals surface area contributed by atoms with Gasteiger partial charge in [-0.2, -0.15) is 0 Å². The van der Waals surface area contributed by atoms with Gasteiger partial charge in [0.25, 0.3) is 5.91 Å². The Morgan fingerprint density at radius 2 is 1.89 bits per heavy atom. The molecule has 0 aliphatic carbocycles. The first-order valence-corrected chi connectivity index (χ1v) is 8.33. The fourth-order valence-electron chi connectivity index (χ4n) is 1.89. The summed E-state index contributed by atoms with van der Waals surface area (Å²) in [6.07, 6.45) is 8.69. The molecule has 1 aliphatic heterocycles. The predicted octanol–water partition coefficient (Wildman–Crippen LogP) is 3.02. The van der Waals surface area contributed by atoms with E-state index in [1.807, 2.05) is 0 Å². The molecule has 1 saturated heterocycles. The van der Waals surface area contributed by atoms with E-state index in [0.717, 1.165) is 12.8 Å². The number of hydrogen-bond donors (Lipinski definition) is 1. The van der Waals surface area contributed by atoms with Crippen molar-refractivity contribution >= 4 is 40.1 Å². The Bertz CT molecular complexity index is 319. The normalized spacial score (nSPS) is 15.1. The molecule has 6 heteroatoms. The first-order chi connectivity index (χ1) is 9.15. The molecule has 19 heavy (non-hydrogen) atoms. The Morgan fingerprint density at radius 1 is 1.26 bits per heavy atom. The highest BCUT2D eigenvalue weighted by atomic mass is 32.2. The van der Waals surface area contributed by atoms with Gasteiger partial charge in [-0.1, -0.05) is 69.4 Å². The molecule has 0 aromatic heterocycles. The van der Waals surface area contributed by atoms with Crippen molar-refractivity contribution in [3.05, 3.63) is 0 Å². The van der Waals surface area contributed by atoms with Crippen molar-refractivity contribution in [2.45, 2.75) is 58.3 Å². The van der Waals surface area contributed by atoms with Crippen molar-refractivity contribution in [2.75, 3.05) is 5.75 Å². The van der Waals surface area contributed by atoms with E-state index in [-0.39, 0.29) is 11.8 Å². The number of carbonyl (C=O) groups is 2. The predicted molar refractivity (Wildman–Crippen MR) is 82.7 cm³/mol. The van der Waals surface area contributed by atoms with Crippen molar-refractivity contribution in [3.8, 4) is 0 Å². The second kappa shape index (κ2) is 9.31. The van der Waals surface area contributed by atoms with E-state index < -0.39 is 0 Å². The fraction of sp³-hybridized carbons (Fsp3) is 0.769. The van der Waals surface area contributed by atoms with Crippen LogP contribution in [0.4, 0.5) is 0 Å². The summed E-state index contributed by atoms with van der Waals surface area (Å²) in [6, 6.07) is 0. The summed E-state index contributed by atoms with van der Waals surface area (Å²) in [5, 5.41) is 1.20. The lowest BCUT2D eigenvalue weighted by Gasteiger charge is -2.15. The zero-order valence-corrected chi connectivity index (χ0v) is 13.1. The Morgan fingerprint density at radius 3 is 2.47 bits per heavy atom. The Hall–Kier alpha value is -0.620. The number of unbranched alkanes of at least 4 members (excludes halogenated alkanes) is 6. The quantitative estimate of drug-likeness (QED) is 0.525. The number of nitrogens with zero attached hydrogens (tertiary/aromatic N) is 1. The van der Waals surface area contributed by atoms with Crippen LogP contribution in [0.5, 0.6) is 0 Å². The van der Waals surface area contributed by atoms with E-state index >= 15 is 0 Å². The van der Waals surface area contributed by atoms with Crippen LogP contribution >= 0.6 is 24.0 Å². The lowest BCUT2D eigenvalue weighted by atomic mass is 10.1. The van der Waals surface area contributed by atoms with Crippen molar-refractivity contribution in [2.24, 2.45) is 0 Å². The molecule has 0 spiro atoms. The maximum atomic E-state index is 11.7. The number of carbonyl (C=O) groups excluding carboxylic acids is 2. The van der Waals surface area contributed by atoms with Gasteiger partial charge in [-0.3, -0.25) is 15.0 Å². The maximum absolute atomic E-state index is 11.7. The number of thiocarbonyl (C=S) groups is 1. The van der Waals surface area contributed by atoms with Gasteiger partial charge >= 0.3 is 0 Å². The molecule has 0 radical (unpaired) electrons. The highest BCUT2D eigenvalue weighted by molar-refractivity contribution is 8.23.